The highest BCUT2D eigenvalue weighted by Gasteiger charge is 2.18. The molecule has 0 radical (unpaired) electrons. The van der Waals surface area contributed by atoms with Gasteiger partial charge in [0.15, 0.2) is 0 Å². The van der Waals surface area contributed by atoms with Crippen molar-refractivity contribution in [1.82, 2.24) is 15.3 Å². The Kier molecular flexibility index (Phi) is 3.69. The molecule has 3 rings (SSSR count). The number of fused-ring (bicyclic) bond motifs is 1. The summed E-state index contributed by atoms with van der Waals surface area (Å²) in [4.78, 5) is 19.8. The molecule has 1 aromatic carbocycles. The normalized spacial score (nSPS) is 18.9. The molecule has 0 unspecified atom stereocenters. The lowest BCUT2D eigenvalue weighted by Gasteiger charge is -2.23. The van der Waals surface area contributed by atoms with Gasteiger partial charge in [-0.15, -0.1) is 0 Å². The molecule has 2 N–H and O–H groups in total. The average molecular weight is 291 g/mol. The number of nitrogens with zero attached hydrogens (tertiary/aromatic N) is 2. The van der Waals surface area contributed by atoms with Gasteiger partial charge in [-0.05, 0) is 31.0 Å². The van der Waals surface area contributed by atoms with Gasteiger partial charge in [0.05, 0.1) is 5.52 Å². The van der Waals surface area contributed by atoms with Gasteiger partial charge in [0, 0.05) is 29.4 Å². The fourth-order valence-electron chi connectivity index (χ4n) is 2.43. The van der Waals surface area contributed by atoms with Gasteiger partial charge < -0.3 is 10.6 Å². The molecule has 0 spiro atoms. The van der Waals surface area contributed by atoms with Crippen molar-refractivity contribution in [3.63, 3.8) is 0 Å². The van der Waals surface area contributed by atoms with Crippen molar-refractivity contribution >= 4 is 34.2 Å². The fourth-order valence-corrected chi connectivity index (χ4v) is 2.59. The molecule has 104 valence electrons. The Morgan fingerprint density at radius 2 is 2.30 bits per heavy atom. The standard InChI is InChI=1S/C14H15ClN4O/c15-9-4-5-11-12(6-9)17-8-18-14(11)16-7-10-2-1-3-13(20)19-10/h4-6,8,10H,1-3,7H2,(H,19,20)(H,16,17,18)/t10-/m1/s1. The minimum absolute atomic E-state index is 0.127. The molecule has 0 saturated carbocycles. The van der Waals surface area contributed by atoms with Gasteiger partial charge in [0.1, 0.15) is 12.1 Å². The van der Waals surface area contributed by atoms with Crippen LogP contribution >= 0.6 is 11.6 Å². The number of aromatic nitrogens is 2. The number of carbonyl (C=O) groups excluding carboxylic acids is 1. The highest BCUT2D eigenvalue weighted by molar-refractivity contribution is 6.31. The van der Waals surface area contributed by atoms with E-state index in [2.05, 4.69) is 20.6 Å². The predicted octanol–water partition coefficient (Wildman–Crippen LogP) is 2.36. The topological polar surface area (TPSA) is 66.9 Å². The minimum atomic E-state index is 0.127. The van der Waals surface area contributed by atoms with Gasteiger partial charge in [-0.2, -0.15) is 0 Å². The predicted molar refractivity (Wildman–Crippen MR) is 78.8 cm³/mol. The summed E-state index contributed by atoms with van der Waals surface area (Å²) in [6.07, 6.45) is 4.08. The van der Waals surface area contributed by atoms with E-state index >= 15 is 0 Å². The second-order valence-corrected chi connectivity index (χ2v) is 5.36. The molecule has 1 atom stereocenters. The number of rotatable bonds is 3. The van der Waals surface area contributed by atoms with Crippen LogP contribution in [0.15, 0.2) is 24.5 Å². The maximum Gasteiger partial charge on any atom is 0.220 e. The molecule has 2 aromatic rings. The van der Waals surface area contributed by atoms with Crippen LogP contribution in [0.25, 0.3) is 10.9 Å². The van der Waals surface area contributed by atoms with Gasteiger partial charge >= 0.3 is 0 Å². The van der Waals surface area contributed by atoms with Crippen molar-refractivity contribution in [2.24, 2.45) is 0 Å². The molecule has 1 amide bonds. The highest BCUT2D eigenvalue weighted by atomic mass is 35.5. The zero-order valence-electron chi connectivity index (χ0n) is 10.9. The maximum absolute atomic E-state index is 11.4. The van der Waals surface area contributed by atoms with Crippen LogP contribution in [0.3, 0.4) is 0 Å². The Hall–Kier alpha value is -1.88. The number of carbonyl (C=O) groups is 1. The van der Waals surface area contributed by atoms with Crippen LogP contribution in [-0.2, 0) is 4.79 Å². The van der Waals surface area contributed by atoms with Crippen molar-refractivity contribution in [2.45, 2.75) is 25.3 Å². The van der Waals surface area contributed by atoms with Crippen molar-refractivity contribution in [3.05, 3.63) is 29.5 Å². The molecule has 1 aliphatic rings. The molecule has 1 aliphatic heterocycles. The Morgan fingerprint density at radius 1 is 1.40 bits per heavy atom. The molecule has 20 heavy (non-hydrogen) atoms. The molecular formula is C14H15ClN4O. The van der Waals surface area contributed by atoms with Crippen molar-refractivity contribution in [1.29, 1.82) is 0 Å². The molecule has 0 bridgehead atoms. The largest absolute Gasteiger partial charge is 0.367 e. The zero-order chi connectivity index (χ0) is 13.9. The first-order chi connectivity index (χ1) is 9.72. The lowest BCUT2D eigenvalue weighted by atomic mass is 10.0. The summed E-state index contributed by atoms with van der Waals surface area (Å²) < 4.78 is 0. The fraction of sp³-hybridized carbons (Fsp3) is 0.357. The average Bonchev–Trinajstić information content (AvgIpc) is 2.44. The smallest absolute Gasteiger partial charge is 0.220 e. The van der Waals surface area contributed by atoms with E-state index in [0.29, 0.717) is 18.0 Å². The van der Waals surface area contributed by atoms with E-state index in [1.54, 1.807) is 0 Å². The number of benzene rings is 1. The summed E-state index contributed by atoms with van der Waals surface area (Å²) in [6.45, 7) is 0.667. The van der Waals surface area contributed by atoms with Crippen molar-refractivity contribution in [3.8, 4) is 0 Å². The third-order valence-electron chi connectivity index (χ3n) is 3.44. The van der Waals surface area contributed by atoms with Gasteiger partial charge in [-0.1, -0.05) is 11.6 Å². The van der Waals surface area contributed by atoms with Gasteiger partial charge in [-0.3, -0.25) is 4.79 Å². The first kappa shape index (κ1) is 13.1. The molecule has 1 saturated heterocycles. The number of halogens is 1. The lowest BCUT2D eigenvalue weighted by Crippen LogP contribution is -2.42. The molecular weight excluding hydrogens is 276 g/mol. The van der Waals surface area contributed by atoms with Crippen LogP contribution in [0, 0.1) is 0 Å². The van der Waals surface area contributed by atoms with Crippen LogP contribution in [0.1, 0.15) is 19.3 Å². The van der Waals surface area contributed by atoms with Crippen LogP contribution in [0.2, 0.25) is 5.02 Å². The van der Waals surface area contributed by atoms with E-state index < -0.39 is 0 Å². The van der Waals surface area contributed by atoms with Gasteiger partial charge in [0.2, 0.25) is 5.91 Å². The first-order valence-corrected chi connectivity index (χ1v) is 7.03. The van der Waals surface area contributed by atoms with Crippen LogP contribution in [0.4, 0.5) is 5.82 Å². The zero-order valence-corrected chi connectivity index (χ0v) is 11.7. The van der Waals surface area contributed by atoms with Gasteiger partial charge in [0.25, 0.3) is 0 Å². The second kappa shape index (κ2) is 5.63. The van der Waals surface area contributed by atoms with Crippen molar-refractivity contribution < 1.29 is 4.79 Å². The Balaban J connectivity index is 1.75. The second-order valence-electron chi connectivity index (χ2n) is 4.92. The van der Waals surface area contributed by atoms with Crippen molar-refractivity contribution in [2.75, 3.05) is 11.9 Å². The van der Waals surface area contributed by atoms with E-state index in [-0.39, 0.29) is 11.9 Å². The Bertz CT molecular complexity index is 646. The molecule has 1 aromatic heterocycles. The minimum Gasteiger partial charge on any atom is -0.367 e. The maximum atomic E-state index is 11.4. The summed E-state index contributed by atoms with van der Waals surface area (Å²) in [6, 6.07) is 5.69. The monoisotopic (exact) mass is 290 g/mol. The van der Waals surface area contributed by atoms with Gasteiger partial charge in [-0.25, -0.2) is 9.97 Å². The number of amides is 1. The van der Waals surface area contributed by atoms with E-state index in [0.717, 1.165) is 29.6 Å². The first-order valence-electron chi connectivity index (χ1n) is 6.66. The number of piperidine rings is 1. The number of hydrogen-bond acceptors (Lipinski definition) is 4. The summed E-state index contributed by atoms with van der Waals surface area (Å²) >= 11 is 5.96. The Morgan fingerprint density at radius 3 is 3.15 bits per heavy atom. The summed E-state index contributed by atoms with van der Waals surface area (Å²) in [5, 5.41) is 7.85. The quantitative estimate of drug-likeness (QED) is 0.911. The number of nitrogens with one attached hydrogen (secondary N) is 2. The summed E-state index contributed by atoms with van der Waals surface area (Å²) in [5.74, 6) is 0.897. The number of hydrogen-bond donors (Lipinski definition) is 2. The SMILES string of the molecule is O=C1CCC[C@H](CNc2ncnc3cc(Cl)ccc23)N1. The van der Waals surface area contributed by atoms with E-state index in [4.69, 9.17) is 11.6 Å². The van der Waals surface area contributed by atoms with E-state index in [1.165, 1.54) is 6.33 Å². The van der Waals surface area contributed by atoms with Crippen LogP contribution < -0.4 is 10.6 Å². The van der Waals surface area contributed by atoms with E-state index in [1.807, 2.05) is 18.2 Å². The molecule has 1 fully saturated rings. The van der Waals surface area contributed by atoms with E-state index in [9.17, 15) is 4.79 Å². The molecule has 5 nitrogen and oxygen atoms in total. The summed E-state index contributed by atoms with van der Waals surface area (Å²) in [5.41, 5.74) is 0.808. The highest BCUT2D eigenvalue weighted by Crippen LogP contribution is 2.22. The Labute approximate surface area is 121 Å². The van der Waals surface area contributed by atoms with Crippen LogP contribution in [-0.4, -0.2) is 28.5 Å². The third-order valence-corrected chi connectivity index (χ3v) is 3.67. The van der Waals surface area contributed by atoms with Crippen LogP contribution in [0.5, 0.6) is 0 Å². The summed E-state index contributed by atoms with van der Waals surface area (Å²) in [7, 11) is 0. The number of anilines is 1. The molecule has 6 heteroatoms. The lowest BCUT2D eigenvalue weighted by molar-refractivity contribution is -0.123. The molecule has 0 aliphatic carbocycles. The third kappa shape index (κ3) is 2.82. The molecule has 2 heterocycles.